The molecule has 3 heteroatoms. The quantitative estimate of drug-likeness (QED) is 0.800. The van der Waals surface area contributed by atoms with E-state index in [1.165, 1.54) is 25.7 Å². The molecule has 0 aliphatic heterocycles. The van der Waals surface area contributed by atoms with Crippen molar-refractivity contribution in [3.8, 4) is 0 Å². The molecule has 0 amide bonds. The molecule has 1 aliphatic carbocycles. The standard InChI is InChI=1S/C13H27NO2/c1-11(10-16-3)14(2)12-8-6-4-5-7-9-13(12)15/h11-13,15H,4-10H2,1-3H3. The van der Waals surface area contributed by atoms with Gasteiger partial charge in [-0.3, -0.25) is 4.90 Å². The first-order chi connectivity index (χ1) is 7.66. The molecule has 0 saturated heterocycles. The van der Waals surface area contributed by atoms with Gasteiger partial charge in [0.15, 0.2) is 0 Å². The van der Waals surface area contributed by atoms with Gasteiger partial charge in [-0.1, -0.05) is 25.7 Å². The number of nitrogens with zero attached hydrogens (tertiary/aromatic N) is 1. The highest BCUT2D eigenvalue weighted by atomic mass is 16.5. The maximum Gasteiger partial charge on any atom is 0.0695 e. The van der Waals surface area contributed by atoms with Crippen LogP contribution >= 0.6 is 0 Å². The maximum absolute atomic E-state index is 10.2. The molecule has 16 heavy (non-hydrogen) atoms. The van der Waals surface area contributed by atoms with Crippen LogP contribution in [0.4, 0.5) is 0 Å². The van der Waals surface area contributed by atoms with Crippen LogP contribution in [0, 0.1) is 0 Å². The Morgan fingerprint density at radius 2 is 1.88 bits per heavy atom. The number of ether oxygens (including phenoxy) is 1. The minimum Gasteiger partial charge on any atom is -0.391 e. The lowest BCUT2D eigenvalue weighted by molar-refractivity contribution is 0.00805. The monoisotopic (exact) mass is 229 g/mol. The van der Waals surface area contributed by atoms with Crippen molar-refractivity contribution in [1.29, 1.82) is 0 Å². The van der Waals surface area contributed by atoms with Gasteiger partial charge in [-0.15, -0.1) is 0 Å². The van der Waals surface area contributed by atoms with Crippen molar-refractivity contribution < 1.29 is 9.84 Å². The van der Waals surface area contributed by atoms with Crippen molar-refractivity contribution in [1.82, 2.24) is 4.90 Å². The van der Waals surface area contributed by atoms with Crippen LogP contribution in [-0.4, -0.2) is 49.0 Å². The van der Waals surface area contributed by atoms with Gasteiger partial charge < -0.3 is 9.84 Å². The Labute approximate surface area is 99.8 Å². The van der Waals surface area contributed by atoms with Gasteiger partial charge in [-0.25, -0.2) is 0 Å². The lowest BCUT2D eigenvalue weighted by atomic mass is 9.93. The van der Waals surface area contributed by atoms with E-state index in [0.29, 0.717) is 12.1 Å². The highest BCUT2D eigenvalue weighted by Gasteiger charge is 2.26. The lowest BCUT2D eigenvalue weighted by Crippen LogP contribution is -2.47. The van der Waals surface area contributed by atoms with Gasteiger partial charge in [-0.05, 0) is 26.8 Å². The predicted molar refractivity (Wildman–Crippen MR) is 66.6 cm³/mol. The van der Waals surface area contributed by atoms with E-state index in [2.05, 4.69) is 18.9 Å². The van der Waals surface area contributed by atoms with Gasteiger partial charge >= 0.3 is 0 Å². The number of hydrogen-bond donors (Lipinski definition) is 1. The van der Waals surface area contributed by atoms with Crippen molar-refractivity contribution in [3.05, 3.63) is 0 Å². The summed E-state index contributed by atoms with van der Waals surface area (Å²) in [5.41, 5.74) is 0. The maximum atomic E-state index is 10.2. The average Bonchev–Trinajstić information content (AvgIpc) is 2.24. The summed E-state index contributed by atoms with van der Waals surface area (Å²) >= 11 is 0. The molecular weight excluding hydrogens is 202 g/mol. The minimum atomic E-state index is -0.162. The zero-order chi connectivity index (χ0) is 12.0. The minimum absolute atomic E-state index is 0.162. The second kappa shape index (κ2) is 7.25. The molecule has 0 bridgehead atoms. The van der Waals surface area contributed by atoms with E-state index in [1.807, 2.05) is 0 Å². The van der Waals surface area contributed by atoms with Crippen LogP contribution in [0.2, 0.25) is 0 Å². The van der Waals surface area contributed by atoms with Crippen molar-refractivity contribution in [3.63, 3.8) is 0 Å². The number of aliphatic hydroxyl groups excluding tert-OH is 1. The van der Waals surface area contributed by atoms with E-state index >= 15 is 0 Å². The van der Waals surface area contributed by atoms with Crippen molar-refractivity contribution in [2.24, 2.45) is 0 Å². The van der Waals surface area contributed by atoms with Crippen LogP contribution in [-0.2, 0) is 4.74 Å². The first-order valence-corrected chi connectivity index (χ1v) is 6.55. The summed E-state index contributed by atoms with van der Waals surface area (Å²) < 4.78 is 5.18. The highest BCUT2D eigenvalue weighted by molar-refractivity contribution is 4.81. The molecule has 1 saturated carbocycles. The van der Waals surface area contributed by atoms with Crippen LogP contribution in [0.3, 0.4) is 0 Å². The largest absolute Gasteiger partial charge is 0.391 e. The summed E-state index contributed by atoms with van der Waals surface area (Å²) in [5.74, 6) is 0. The van der Waals surface area contributed by atoms with Gasteiger partial charge in [0, 0.05) is 19.2 Å². The Hall–Kier alpha value is -0.120. The first-order valence-electron chi connectivity index (χ1n) is 6.55. The topological polar surface area (TPSA) is 32.7 Å². The van der Waals surface area contributed by atoms with Crippen LogP contribution in [0.25, 0.3) is 0 Å². The second-order valence-electron chi connectivity index (χ2n) is 5.10. The Morgan fingerprint density at radius 3 is 2.50 bits per heavy atom. The molecule has 0 aromatic rings. The van der Waals surface area contributed by atoms with Crippen LogP contribution in [0.1, 0.15) is 45.4 Å². The molecular formula is C13H27NO2. The van der Waals surface area contributed by atoms with Gasteiger partial charge in [0.05, 0.1) is 12.7 Å². The molecule has 0 aromatic heterocycles. The molecule has 0 heterocycles. The van der Waals surface area contributed by atoms with Crippen LogP contribution in [0.15, 0.2) is 0 Å². The third-order valence-corrected chi connectivity index (χ3v) is 3.82. The fourth-order valence-electron chi connectivity index (χ4n) is 2.61. The molecule has 1 rings (SSSR count). The van der Waals surface area contributed by atoms with Gasteiger partial charge in [0.25, 0.3) is 0 Å². The van der Waals surface area contributed by atoms with Crippen molar-refractivity contribution in [2.45, 2.75) is 63.6 Å². The van der Waals surface area contributed by atoms with E-state index < -0.39 is 0 Å². The van der Waals surface area contributed by atoms with Gasteiger partial charge in [0.1, 0.15) is 0 Å². The van der Waals surface area contributed by atoms with Crippen molar-refractivity contribution in [2.75, 3.05) is 20.8 Å². The van der Waals surface area contributed by atoms with Crippen LogP contribution in [0.5, 0.6) is 0 Å². The van der Waals surface area contributed by atoms with E-state index in [1.54, 1.807) is 7.11 Å². The summed E-state index contributed by atoms with van der Waals surface area (Å²) in [6, 6.07) is 0.689. The zero-order valence-corrected chi connectivity index (χ0v) is 11.0. The molecule has 3 nitrogen and oxygen atoms in total. The first kappa shape index (κ1) is 13.9. The molecule has 3 atom stereocenters. The Balaban J connectivity index is 2.51. The third-order valence-electron chi connectivity index (χ3n) is 3.82. The molecule has 3 unspecified atom stereocenters. The molecule has 0 aromatic carbocycles. The molecule has 1 fully saturated rings. The summed E-state index contributed by atoms with van der Waals surface area (Å²) in [6.45, 7) is 2.90. The molecule has 0 spiro atoms. The summed E-state index contributed by atoms with van der Waals surface area (Å²) in [4.78, 5) is 2.29. The van der Waals surface area contributed by atoms with E-state index in [-0.39, 0.29) is 6.10 Å². The number of rotatable bonds is 4. The molecule has 1 N–H and O–H groups in total. The van der Waals surface area contributed by atoms with E-state index in [9.17, 15) is 5.11 Å². The fraction of sp³-hybridized carbons (Fsp3) is 1.00. The predicted octanol–water partition coefficient (Wildman–Crippen LogP) is 2.04. The lowest BCUT2D eigenvalue weighted by Gasteiger charge is -2.37. The molecule has 1 aliphatic rings. The SMILES string of the molecule is COCC(C)N(C)C1CCCCCCC1O. The molecule has 96 valence electrons. The second-order valence-corrected chi connectivity index (χ2v) is 5.10. The van der Waals surface area contributed by atoms with Gasteiger partial charge in [-0.2, -0.15) is 0 Å². The fourth-order valence-corrected chi connectivity index (χ4v) is 2.61. The Bertz CT molecular complexity index is 187. The Kier molecular flexibility index (Phi) is 6.32. The zero-order valence-electron chi connectivity index (χ0n) is 11.0. The van der Waals surface area contributed by atoms with Crippen molar-refractivity contribution >= 4 is 0 Å². The average molecular weight is 229 g/mol. The Morgan fingerprint density at radius 1 is 1.25 bits per heavy atom. The summed E-state index contributed by atoms with van der Waals surface area (Å²) in [7, 11) is 3.85. The number of hydrogen-bond acceptors (Lipinski definition) is 3. The smallest absolute Gasteiger partial charge is 0.0695 e. The normalized spacial score (nSPS) is 29.8. The highest BCUT2D eigenvalue weighted by Crippen LogP contribution is 2.22. The summed E-state index contributed by atoms with van der Waals surface area (Å²) in [6.07, 6.45) is 6.91. The number of aliphatic hydroxyl groups is 1. The van der Waals surface area contributed by atoms with E-state index in [0.717, 1.165) is 19.4 Å². The molecule has 0 radical (unpaired) electrons. The van der Waals surface area contributed by atoms with Crippen LogP contribution < -0.4 is 0 Å². The number of methoxy groups -OCH3 is 1. The summed E-state index contributed by atoms with van der Waals surface area (Å²) in [5, 5.41) is 10.2. The van der Waals surface area contributed by atoms with E-state index in [4.69, 9.17) is 4.74 Å². The number of likely N-dealkylation sites (N-methyl/N-ethyl adjacent to an activating group) is 1. The van der Waals surface area contributed by atoms with Gasteiger partial charge in [0.2, 0.25) is 0 Å². The third kappa shape index (κ3) is 4.04.